The Hall–Kier alpha value is -0.0831. The van der Waals surface area contributed by atoms with E-state index in [1.54, 1.807) is 0 Å². The Morgan fingerprint density at radius 1 is 1.20 bits per heavy atom. The highest BCUT2D eigenvalue weighted by Crippen LogP contribution is 2.38. The molecule has 0 rings (SSSR count). The van der Waals surface area contributed by atoms with Crippen LogP contribution >= 0.6 is 0 Å². The molecule has 0 aromatic rings. The Bertz CT molecular complexity index is 213. The molecule has 0 spiro atoms. The van der Waals surface area contributed by atoms with Gasteiger partial charge in [0.05, 0.1) is 13.8 Å². The van der Waals surface area contributed by atoms with E-state index in [9.17, 15) is 5.11 Å². The molecule has 0 saturated heterocycles. The lowest BCUT2D eigenvalue weighted by Gasteiger charge is -2.39. The van der Waals surface area contributed by atoms with Crippen molar-refractivity contribution in [3.05, 3.63) is 12.2 Å². The second kappa shape index (κ2) is 5.31. The predicted molar refractivity (Wildman–Crippen MR) is 71.8 cm³/mol. The van der Waals surface area contributed by atoms with Gasteiger partial charge in [0.25, 0.3) is 0 Å². The lowest BCUT2D eigenvalue weighted by molar-refractivity contribution is 0.283. The summed E-state index contributed by atoms with van der Waals surface area (Å²) >= 11 is 0. The normalized spacial score (nSPS) is 18.1. The van der Waals surface area contributed by atoms with Gasteiger partial charge in [-0.25, -0.2) is 0 Å². The molecule has 0 aliphatic heterocycles. The standard InChI is InChI=1S/C13H28OSi/c1-8-11(2)9-10-12(14)15(6,7)13(3,4)5/h9-12,14H,8H2,1-7H3/b10-9+. The molecule has 2 atom stereocenters. The van der Waals surface area contributed by atoms with Gasteiger partial charge in [-0.1, -0.05) is 66.3 Å². The molecule has 0 aromatic carbocycles. The van der Waals surface area contributed by atoms with Crippen LogP contribution in [0.25, 0.3) is 0 Å². The number of hydrogen-bond acceptors (Lipinski definition) is 1. The third-order valence-electron chi connectivity index (χ3n) is 3.94. The lowest BCUT2D eigenvalue weighted by Crippen LogP contribution is -2.48. The Labute approximate surface area is 96.6 Å². The molecule has 2 heteroatoms. The summed E-state index contributed by atoms with van der Waals surface area (Å²) in [6.07, 6.45) is 5.32. The zero-order valence-electron chi connectivity index (χ0n) is 11.5. The van der Waals surface area contributed by atoms with Crippen molar-refractivity contribution in [3.8, 4) is 0 Å². The largest absolute Gasteiger partial charge is 0.393 e. The highest BCUT2D eigenvalue weighted by Gasteiger charge is 2.40. The van der Waals surface area contributed by atoms with Gasteiger partial charge in [0.15, 0.2) is 0 Å². The third kappa shape index (κ3) is 4.11. The quantitative estimate of drug-likeness (QED) is 0.570. The van der Waals surface area contributed by atoms with Crippen LogP contribution in [0.5, 0.6) is 0 Å². The van der Waals surface area contributed by atoms with Crippen LogP contribution in [0, 0.1) is 5.92 Å². The zero-order valence-corrected chi connectivity index (χ0v) is 12.5. The number of hydrogen-bond donors (Lipinski definition) is 1. The first-order chi connectivity index (χ1) is 6.63. The Morgan fingerprint density at radius 3 is 2.00 bits per heavy atom. The Balaban J connectivity index is 4.58. The number of aliphatic hydroxyl groups is 1. The van der Waals surface area contributed by atoms with Crippen LogP contribution in [0.2, 0.25) is 18.1 Å². The van der Waals surface area contributed by atoms with Gasteiger partial charge in [0.2, 0.25) is 0 Å². The summed E-state index contributed by atoms with van der Waals surface area (Å²) in [6.45, 7) is 15.6. The molecular weight excluding hydrogens is 200 g/mol. The minimum Gasteiger partial charge on any atom is -0.393 e. The van der Waals surface area contributed by atoms with Crippen molar-refractivity contribution in [2.75, 3.05) is 0 Å². The number of allylic oxidation sites excluding steroid dienone is 1. The van der Waals surface area contributed by atoms with Crippen LogP contribution in [0.1, 0.15) is 41.0 Å². The second-order valence-electron chi connectivity index (χ2n) is 6.19. The molecule has 0 saturated carbocycles. The van der Waals surface area contributed by atoms with Crippen molar-refractivity contribution in [3.63, 3.8) is 0 Å². The first-order valence-corrected chi connectivity index (χ1v) is 9.07. The first-order valence-electron chi connectivity index (χ1n) is 5.99. The highest BCUT2D eigenvalue weighted by molar-refractivity contribution is 6.81. The van der Waals surface area contributed by atoms with Crippen molar-refractivity contribution in [2.24, 2.45) is 5.92 Å². The molecule has 1 N–H and O–H groups in total. The summed E-state index contributed by atoms with van der Waals surface area (Å²) in [6, 6.07) is 0. The van der Waals surface area contributed by atoms with E-state index in [1.807, 2.05) is 6.08 Å². The fourth-order valence-electron chi connectivity index (χ4n) is 1.12. The Morgan fingerprint density at radius 2 is 1.67 bits per heavy atom. The molecule has 0 radical (unpaired) electrons. The fourth-order valence-corrected chi connectivity index (χ4v) is 2.59. The van der Waals surface area contributed by atoms with E-state index in [-0.39, 0.29) is 10.8 Å². The van der Waals surface area contributed by atoms with Crippen molar-refractivity contribution in [1.29, 1.82) is 0 Å². The van der Waals surface area contributed by atoms with Crippen LogP contribution in [0.3, 0.4) is 0 Å². The molecule has 0 heterocycles. The maximum atomic E-state index is 10.2. The third-order valence-corrected chi connectivity index (χ3v) is 9.48. The first kappa shape index (κ1) is 14.9. The maximum absolute atomic E-state index is 10.2. The van der Waals surface area contributed by atoms with Gasteiger partial charge in [0.1, 0.15) is 0 Å². The average molecular weight is 228 g/mol. The van der Waals surface area contributed by atoms with Gasteiger partial charge >= 0.3 is 0 Å². The predicted octanol–water partition coefficient (Wildman–Crippen LogP) is 4.00. The molecule has 0 bridgehead atoms. The summed E-state index contributed by atoms with van der Waals surface area (Å²) in [5.41, 5.74) is -0.230. The Kier molecular flexibility index (Phi) is 5.28. The second-order valence-corrected chi connectivity index (χ2v) is 11.7. The monoisotopic (exact) mass is 228 g/mol. The van der Waals surface area contributed by atoms with E-state index >= 15 is 0 Å². The van der Waals surface area contributed by atoms with E-state index in [2.05, 4.69) is 53.8 Å². The molecule has 90 valence electrons. The summed E-state index contributed by atoms with van der Waals surface area (Å²) < 4.78 is 0. The molecular formula is C13H28OSi. The van der Waals surface area contributed by atoms with E-state index in [4.69, 9.17) is 0 Å². The van der Waals surface area contributed by atoms with Crippen LogP contribution in [-0.2, 0) is 0 Å². The van der Waals surface area contributed by atoms with Crippen LogP contribution in [0.4, 0.5) is 0 Å². The van der Waals surface area contributed by atoms with E-state index in [0.29, 0.717) is 5.92 Å². The zero-order chi connectivity index (χ0) is 12.3. The van der Waals surface area contributed by atoms with Gasteiger partial charge < -0.3 is 5.11 Å². The van der Waals surface area contributed by atoms with Crippen LogP contribution < -0.4 is 0 Å². The topological polar surface area (TPSA) is 20.2 Å². The van der Waals surface area contributed by atoms with Gasteiger partial charge in [-0.2, -0.15) is 0 Å². The van der Waals surface area contributed by atoms with E-state index in [0.717, 1.165) is 6.42 Å². The summed E-state index contributed by atoms with van der Waals surface area (Å²) in [7, 11) is -1.62. The maximum Gasteiger partial charge on any atom is 0.0914 e. The number of aliphatic hydroxyl groups excluding tert-OH is 1. The molecule has 0 aliphatic carbocycles. The van der Waals surface area contributed by atoms with E-state index < -0.39 is 8.07 Å². The fraction of sp³-hybridized carbons (Fsp3) is 0.846. The summed E-state index contributed by atoms with van der Waals surface area (Å²) in [4.78, 5) is 0. The van der Waals surface area contributed by atoms with Gasteiger partial charge in [-0.3, -0.25) is 0 Å². The minimum absolute atomic E-state index is 0.230. The van der Waals surface area contributed by atoms with Crippen LogP contribution in [0.15, 0.2) is 12.2 Å². The van der Waals surface area contributed by atoms with E-state index in [1.165, 1.54) is 0 Å². The average Bonchev–Trinajstić information content (AvgIpc) is 2.11. The van der Waals surface area contributed by atoms with Crippen molar-refractivity contribution >= 4 is 8.07 Å². The van der Waals surface area contributed by atoms with Crippen molar-refractivity contribution in [2.45, 2.75) is 64.9 Å². The molecule has 0 amide bonds. The number of rotatable bonds is 4. The molecule has 1 nitrogen and oxygen atoms in total. The summed E-state index contributed by atoms with van der Waals surface area (Å²) in [5, 5.41) is 10.5. The van der Waals surface area contributed by atoms with Crippen molar-refractivity contribution < 1.29 is 5.11 Å². The molecule has 0 aromatic heterocycles. The SMILES string of the molecule is CCC(C)/C=C/C(O)[Si](C)(C)C(C)(C)C. The smallest absolute Gasteiger partial charge is 0.0914 e. The van der Waals surface area contributed by atoms with Gasteiger partial charge in [0, 0.05) is 0 Å². The van der Waals surface area contributed by atoms with Gasteiger partial charge in [-0.05, 0) is 11.0 Å². The lowest BCUT2D eigenvalue weighted by atomic mass is 10.1. The summed E-state index contributed by atoms with van der Waals surface area (Å²) in [5.74, 6) is 0.574. The minimum atomic E-state index is -1.62. The molecule has 0 fully saturated rings. The van der Waals surface area contributed by atoms with Crippen LogP contribution in [-0.4, -0.2) is 18.9 Å². The molecule has 2 unspecified atom stereocenters. The van der Waals surface area contributed by atoms with Gasteiger partial charge in [-0.15, -0.1) is 0 Å². The van der Waals surface area contributed by atoms with Crippen molar-refractivity contribution in [1.82, 2.24) is 0 Å². The molecule has 0 aliphatic rings. The highest BCUT2D eigenvalue weighted by atomic mass is 28.3. The molecule has 15 heavy (non-hydrogen) atoms.